The van der Waals surface area contributed by atoms with Gasteiger partial charge < -0.3 is 16.2 Å². The molecule has 1 aromatic heterocycles. The zero-order chi connectivity index (χ0) is 16.9. The topological polar surface area (TPSA) is 98.9 Å². The van der Waals surface area contributed by atoms with Crippen molar-refractivity contribution >= 4 is 38.5 Å². The van der Waals surface area contributed by atoms with Crippen LogP contribution in [0.15, 0.2) is 58.5 Å². The van der Waals surface area contributed by atoms with Crippen molar-refractivity contribution in [3.05, 3.63) is 54.1 Å². The number of thiazole rings is 1. The molecule has 6 nitrogen and oxygen atoms in total. The molecule has 3 rings (SSSR count). The average molecular weight is 339 g/mol. The molecular weight excluding hydrogens is 322 g/mol. The molecule has 0 radical (unpaired) electrons. The van der Waals surface area contributed by atoms with Gasteiger partial charge in [0.25, 0.3) is 0 Å². The van der Waals surface area contributed by atoms with E-state index in [1.165, 1.54) is 11.3 Å². The van der Waals surface area contributed by atoms with E-state index >= 15 is 0 Å². The summed E-state index contributed by atoms with van der Waals surface area (Å²) >= 11 is 1.45. The molecule has 122 valence electrons. The molecule has 7 heteroatoms. The molecule has 0 fully saturated rings. The van der Waals surface area contributed by atoms with E-state index < -0.39 is 0 Å². The predicted molar refractivity (Wildman–Crippen MR) is 99.2 cm³/mol. The molecule has 1 heterocycles. The van der Waals surface area contributed by atoms with Gasteiger partial charge in [0.15, 0.2) is 0 Å². The number of hydrogen-bond acceptors (Lipinski definition) is 4. The predicted octanol–water partition coefficient (Wildman–Crippen LogP) is 3.05. The van der Waals surface area contributed by atoms with Crippen molar-refractivity contribution in [2.45, 2.75) is 6.92 Å². The summed E-state index contributed by atoms with van der Waals surface area (Å²) in [5.74, 6) is 1.07. The molecule has 4 N–H and O–H groups in total. The van der Waals surface area contributed by atoms with Gasteiger partial charge in [-0.05, 0) is 31.2 Å². The van der Waals surface area contributed by atoms with Gasteiger partial charge in [0.2, 0.25) is 11.1 Å². The molecule has 0 aliphatic heterocycles. The highest BCUT2D eigenvalue weighted by Crippen LogP contribution is 2.27. The number of benzene rings is 2. The van der Waals surface area contributed by atoms with Crippen molar-refractivity contribution in [1.82, 2.24) is 4.98 Å². The number of guanidine groups is 1. The second-order valence-electron chi connectivity index (χ2n) is 4.89. The molecule has 0 atom stereocenters. The highest BCUT2D eigenvalue weighted by atomic mass is 32.1. The first-order chi connectivity index (χ1) is 11.7. The zero-order valence-electron chi connectivity index (χ0n) is 13.1. The lowest BCUT2D eigenvalue weighted by atomic mass is 10.2. The van der Waals surface area contributed by atoms with Crippen LogP contribution < -0.4 is 16.2 Å². The van der Waals surface area contributed by atoms with E-state index in [4.69, 9.17) is 16.2 Å². The van der Waals surface area contributed by atoms with E-state index in [2.05, 4.69) is 15.0 Å². The van der Waals surface area contributed by atoms with Crippen LogP contribution in [0.2, 0.25) is 0 Å². The van der Waals surface area contributed by atoms with Crippen molar-refractivity contribution in [3.63, 3.8) is 0 Å². The molecule has 0 saturated carbocycles. The molecule has 3 aromatic rings. The molecule has 0 saturated heterocycles. The van der Waals surface area contributed by atoms with E-state index in [1.54, 1.807) is 0 Å². The second-order valence-corrected chi connectivity index (χ2v) is 5.90. The van der Waals surface area contributed by atoms with Gasteiger partial charge >= 0.3 is 0 Å². The van der Waals surface area contributed by atoms with Crippen LogP contribution in [0.4, 0.5) is 5.13 Å². The minimum atomic E-state index is 0.0633. The first kappa shape index (κ1) is 15.9. The van der Waals surface area contributed by atoms with Gasteiger partial charge in [-0.1, -0.05) is 35.6 Å². The zero-order valence-corrected chi connectivity index (χ0v) is 14.0. The maximum Gasteiger partial charge on any atom is 0.224 e. The molecule has 2 aromatic carbocycles. The smallest absolute Gasteiger partial charge is 0.224 e. The Bertz CT molecular complexity index is 883. The Labute approximate surface area is 143 Å². The van der Waals surface area contributed by atoms with Gasteiger partial charge in [0.05, 0.1) is 16.8 Å². The van der Waals surface area contributed by atoms with E-state index in [0.717, 1.165) is 21.5 Å². The summed E-state index contributed by atoms with van der Waals surface area (Å²) in [4.78, 5) is 12.8. The number of fused-ring (bicyclic) bond motifs is 1. The van der Waals surface area contributed by atoms with Crippen molar-refractivity contribution in [2.75, 3.05) is 6.61 Å². The fourth-order valence-corrected chi connectivity index (χ4v) is 2.98. The quantitative estimate of drug-likeness (QED) is 0.564. The lowest BCUT2D eigenvalue weighted by Crippen LogP contribution is -2.19. The van der Waals surface area contributed by atoms with Gasteiger partial charge in [0, 0.05) is 5.56 Å². The third kappa shape index (κ3) is 3.69. The molecule has 0 unspecified atom stereocenters. The summed E-state index contributed by atoms with van der Waals surface area (Å²) in [7, 11) is 0. The lowest BCUT2D eigenvalue weighted by Gasteiger charge is -2.05. The van der Waals surface area contributed by atoms with Crippen LogP contribution in [0, 0.1) is 0 Å². The van der Waals surface area contributed by atoms with Crippen LogP contribution >= 0.6 is 11.3 Å². The van der Waals surface area contributed by atoms with Crippen LogP contribution in [0.1, 0.15) is 12.5 Å². The maximum atomic E-state index is 6.01. The van der Waals surface area contributed by atoms with E-state index in [1.807, 2.05) is 55.5 Å². The fraction of sp³-hybridized carbons (Fsp3) is 0.118. The molecule has 0 spiro atoms. The maximum absolute atomic E-state index is 6.01. The summed E-state index contributed by atoms with van der Waals surface area (Å²) in [6.45, 7) is 2.51. The molecule has 0 aliphatic rings. The first-order valence-electron chi connectivity index (χ1n) is 7.43. The Kier molecular flexibility index (Phi) is 4.72. The van der Waals surface area contributed by atoms with E-state index in [-0.39, 0.29) is 11.8 Å². The third-order valence-corrected chi connectivity index (χ3v) is 4.10. The Morgan fingerprint density at radius 3 is 2.79 bits per heavy atom. The van der Waals surface area contributed by atoms with Crippen molar-refractivity contribution < 1.29 is 4.74 Å². The Hall–Kier alpha value is -2.93. The summed E-state index contributed by atoms with van der Waals surface area (Å²) in [5, 5.41) is 0.549. The Morgan fingerprint density at radius 1 is 1.17 bits per heavy atom. The summed E-state index contributed by atoms with van der Waals surface area (Å²) < 4.78 is 6.50. The van der Waals surface area contributed by atoms with Crippen LogP contribution in [-0.4, -0.2) is 23.4 Å². The molecule has 0 bridgehead atoms. The Morgan fingerprint density at radius 2 is 2.00 bits per heavy atom. The molecular formula is C17H17N5OS. The van der Waals surface area contributed by atoms with Crippen molar-refractivity contribution in [3.8, 4) is 5.75 Å². The highest BCUT2D eigenvalue weighted by Gasteiger charge is 2.04. The summed E-state index contributed by atoms with van der Waals surface area (Å²) in [6, 6.07) is 15.2. The van der Waals surface area contributed by atoms with Gasteiger partial charge in [-0.25, -0.2) is 4.98 Å². The number of aromatic nitrogens is 1. The third-order valence-electron chi connectivity index (χ3n) is 3.17. The second kappa shape index (κ2) is 7.10. The number of para-hydroxylation sites is 1. The summed E-state index contributed by atoms with van der Waals surface area (Å²) in [5.41, 5.74) is 13.5. The van der Waals surface area contributed by atoms with Gasteiger partial charge in [0.1, 0.15) is 11.6 Å². The monoisotopic (exact) mass is 339 g/mol. The number of rotatable bonds is 4. The first-order valence-corrected chi connectivity index (χ1v) is 8.24. The number of nitrogens with zero attached hydrogens (tertiary/aromatic N) is 3. The SMILES string of the molecule is CCOc1cccc(/C(N)=N/C(N)=N/c2nc3ccccc3s2)c1. The van der Waals surface area contributed by atoms with Crippen LogP contribution in [0.5, 0.6) is 5.75 Å². The number of nitrogens with two attached hydrogens (primary N) is 2. The van der Waals surface area contributed by atoms with Crippen LogP contribution in [0.3, 0.4) is 0 Å². The summed E-state index contributed by atoms with van der Waals surface area (Å²) in [6.07, 6.45) is 0. The molecule has 24 heavy (non-hydrogen) atoms. The fourth-order valence-electron chi connectivity index (χ4n) is 2.13. The van der Waals surface area contributed by atoms with E-state index in [9.17, 15) is 0 Å². The number of aliphatic imine (C=N–C) groups is 2. The standard InChI is InChI=1S/C17H17N5OS/c1-2-23-12-7-5-6-11(10-12)15(18)21-16(19)22-17-20-13-8-3-4-9-14(13)24-17/h3-10H,2H2,1H3,(H4,18,19,20,21,22). The Balaban J connectivity index is 1.84. The minimum Gasteiger partial charge on any atom is -0.494 e. The molecule has 0 amide bonds. The average Bonchev–Trinajstić information content (AvgIpc) is 2.97. The number of amidine groups is 1. The van der Waals surface area contributed by atoms with Crippen LogP contribution in [0.25, 0.3) is 10.2 Å². The van der Waals surface area contributed by atoms with Crippen molar-refractivity contribution in [1.29, 1.82) is 0 Å². The number of hydrogen-bond donors (Lipinski definition) is 2. The lowest BCUT2D eigenvalue weighted by molar-refractivity contribution is 0.340. The van der Waals surface area contributed by atoms with Gasteiger partial charge in [-0.3, -0.25) is 0 Å². The van der Waals surface area contributed by atoms with Gasteiger partial charge in [-0.2, -0.15) is 9.98 Å². The highest BCUT2D eigenvalue weighted by molar-refractivity contribution is 7.22. The van der Waals surface area contributed by atoms with Gasteiger partial charge in [-0.15, -0.1) is 0 Å². The minimum absolute atomic E-state index is 0.0633. The molecule has 0 aliphatic carbocycles. The van der Waals surface area contributed by atoms with E-state index in [0.29, 0.717) is 11.7 Å². The van der Waals surface area contributed by atoms with Crippen molar-refractivity contribution in [2.24, 2.45) is 21.5 Å². The van der Waals surface area contributed by atoms with Crippen LogP contribution in [-0.2, 0) is 0 Å². The number of ether oxygens (including phenoxy) is 1. The normalized spacial score (nSPS) is 12.5. The largest absolute Gasteiger partial charge is 0.494 e.